The average molecular weight is 378 g/mol. The minimum atomic E-state index is -4.50. The Morgan fingerprint density at radius 1 is 1.11 bits per heavy atom. The molecule has 27 heavy (non-hydrogen) atoms. The highest BCUT2D eigenvalue weighted by atomic mass is 19.4. The zero-order valence-electron chi connectivity index (χ0n) is 14.2. The molecule has 1 fully saturated rings. The number of piperazine rings is 1. The zero-order chi connectivity index (χ0) is 19.4. The highest BCUT2D eigenvalue weighted by Gasteiger charge is 2.33. The molecule has 6 nitrogen and oxygen atoms in total. The molecule has 3 rings (SSSR count). The van der Waals surface area contributed by atoms with Crippen LogP contribution in [0.5, 0.6) is 0 Å². The first-order valence-corrected chi connectivity index (χ1v) is 8.26. The van der Waals surface area contributed by atoms with E-state index in [0.29, 0.717) is 31.7 Å². The molecule has 1 N–H and O–H groups in total. The third-order valence-corrected chi connectivity index (χ3v) is 4.25. The number of nitrogens with one attached hydrogen (secondary N) is 1. The van der Waals surface area contributed by atoms with Crippen LogP contribution in [0.1, 0.15) is 15.9 Å². The molecule has 1 aromatic carbocycles. The fraction of sp³-hybridized carbons (Fsp3) is 0.278. The topological polar surface area (TPSA) is 65.5 Å². The van der Waals surface area contributed by atoms with Crippen molar-refractivity contribution in [3.8, 4) is 0 Å². The first kappa shape index (κ1) is 18.7. The Kier molecular flexibility index (Phi) is 5.29. The highest BCUT2D eigenvalue weighted by molar-refractivity contribution is 5.95. The second-order valence-corrected chi connectivity index (χ2v) is 6.03. The van der Waals surface area contributed by atoms with Gasteiger partial charge in [0.1, 0.15) is 5.82 Å². The number of carbonyl (C=O) groups excluding carboxylic acids is 2. The number of hydrogen-bond acceptors (Lipinski definition) is 4. The van der Waals surface area contributed by atoms with Gasteiger partial charge in [-0.05, 0) is 24.3 Å². The van der Waals surface area contributed by atoms with Crippen molar-refractivity contribution in [1.29, 1.82) is 0 Å². The maximum atomic E-state index is 13.1. The van der Waals surface area contributed by atoms with Crippen molar-refractivity contribution in [2.45, 2.75) is 6.18 Å². The standard InChI is InChI=1S/C18H17F3N4O2/c19-18(20,21)14-3-1-2-4-15(14)23-16-11-13(5-6-22-16)17(27)25-9-7-24(12-26)8-10-25/h1-6,11-12H,7-10H2,(H,22,23). The summed E-state index contributed by atoms with van der Waals surface area (Å²) in [6.07, 6.45) is -2.39. The van der Waals surface area contributed by atoms with Gasteiger partial charge < -0.3 is 15.1 Å². The molecule has 1 aliphatic rings. The van der Waals surface area contributed by atoms with E-state index in [0.717, 1.165) is 12.5 Å². The van der Waals surface area contributed by atoms with Gasteiger partial charge in [-0.25, -0.2) is 4.98 Å². The molecule has 0 saturated carbocycles. The molecule has 0 bridgehead atoms. The van der Waals surface area contributed by atoms with Crippen molar-refractivity contribution in [1.82, 2.24) is 14.8 Å². The van der Waals surface area contributed by atoms with Crippen LogP contribution in [-0.4, -0.2) is 53.3 Å². The average Bonchev–Trinajstić information content (AvgIpc) is 2.67. The summed E-state index contributed by atoms with van der Waals surface area (Å²) in [6.45, 7) is 1.70. The minimum Gasteiger partial charge on any atom is -0.342 e. The minimum absolute atomic E-state index is 0.137. The predicted molar refractivity (Wildman–Crippen MR) is 92.5 cm³/mol. The van der Waals surface area contributed by atoms with Gasteiger partial charge in [0.15, 0.2) is 0 Å². The molecule has 0 spiro atoms. The summed E-state index contributed by atoms with van der Waals surface area (Å²) in [5, 5.41) is 2.64. The Hall–Kier alpha value is -3.10. The number of benzene rings is 1. The SMILES string of the molecule is O=CN1CCN(C(=O)c2ccnc(Nc3ccccc3C(F)(F)F)c2)CC1. The predicted octanol–water partition coefficient (Wildman–Crippen LogP) is 2.76. The number of anilines is 2. The summed E-state index contributed by atoms with van der Waals surface area (Å²) in [4.78, 5) is 30.5. The summed E-state index contributed by atoms with van der Waals surface area (Å²) < 4.78 is 39.3. The summed E-state index contributed by atoms with van der Waals surface area (Å²) >= 11 is 0. The Labute approximate surface area is 153 Å². The molecule has 9 heteroatoms. The van der Waals surface area contributed by atoms with Crippen LogP contribution in [0.3, 0.4) is 0 Å². The van der Waals surface area contributed by atoms with E-state index in [1.807, 2.05) is 0 Å². The number of pyridine rings is 1. The Morgan fingerprint density at radius 3 is 2.48 bits per heavy atom. The van der Waals surface area contributed by atoms with E-state index in [2.05, 4.69) is 10.3 Å². The van der Waals surface area contributed by atoms with E-state index in [1.54, 1.807) is 9.80 Å². The van der Waals surface area contributed by atoms with Crippen LogP contribution < -0.4 is 5.32 Å². The van der Waals surface area contributed by atoms with Gasteiger partial charge >= 0.3 is 6.18 Å². The molecule has 0 radical (unpaired) electrons. The largest absolute Gasteiger partial charge is 0.418 e. The first-order valence-electron chi connectivity index (χ1n) is 8.26. The van der Waals surface area contributed by atoms with Crippen LogP contribution >= 0.6 is 0 Å². The quantitative estimate of drug-likeness (QED) is 0.831. The lowest BCUT2D eigenvalue weighted by molar-refractivity contribution is -0.136. The second-order valence-electron chi connectivity index (χ2n) is 6.03. The fourth-order valence-electron chi connectivity index (χ4n) is 2.82. The second kappa shape index (κ2) is 7.65. The van der Waals surface area contributed by atoms with Crippen LogP contribution in [0.25, 0.3) is 0 Å². The van der Waals surface area contributed by atoms with Crippen molar-refractivity contribution >= 4 is 23.8 Å². The van der Waals surface area contributed by atoms with Gasteiger partial charge in [-0.15, -0.1) is 0 Å². The first-order chi connectivity index (χ1) is 12.9. The number of nitrogens with zero attached hydrogens (tertiary/aromatic N) is 3. The lowest BCUT2D eigenvalue weighted by atomic mass is 10.1. The number of para-hydroxylation sites is 1. The van der Waals surface area contributed by atoms with Gasteiger partial charge in [0.05, 0.1) is 11.3 Å². The highest BCUT2D eigenvalue weighted by Crippen LogP contribution is 2.35. The number of amides is 2. The van der Waals surface area contributed by atoms with Crippen LogP contribution in [0, 0.1) is 0 Å². The van der Waals surface area contributed by atoms with Gasteiger partial charge in [0, 0.05) is 37.9 Å². The number of halogens is 3. The maximum absolute atomic E-state index is 13.1. The van der Waals surface area contributed by atoms with E-state index < -0.39 is 11.7 Å². The van der Waals surface area contributed by atoms with E-state index in [-0.39, 0.29) is 17.4 Å². The third kappa shape index (κ3) is 4.36. The molecule has 2 amide bonds. The van der Waals surface area contributed by atoms with Crippen molar-refractivity contribution < 1.29 is 22.8 Å². The Balaban J connectivity index is 1.77. The molecule has 142 valence electrons. The molecule has 1 aromatic heterocycles. The summed E-state index contributed by atoms with van der Waals surface area (Å²) in [5.41, 5.74) is -0.633. The van der Waals surface area contributed by atoms with Crippen LogP contribution in [0.2, 0.25) is 0 Å². The van der Waals surface area contributed by atoms with Gasteiger partial charge in [-0.3, -0.25) is 9.59 Å². The summed E-state index contributed by atoms with van der Waals surface area (Å²) in [7, 11) is 0. The molecule has 0 unspecified atom stereocenters. The fourth-order valence-corrected chi connectivity index (χ4v) is 2.82. The maximum Gasteiger partial charge on any atom is 0.418 e. The zero-order valence-corrected chi connectivity index (χ0v) is 14.2. The summed E-state index contributed by atoms with van der Waals surface area (Å²) in [6, 6.07) is 8.00. The monoisotopic (exact) mass is 378 g/mol. The molecule has 2 aromatic rings. The third-order valence-electron chi connectivity index (χ3n) is 4.25. The van der Waals surface area contributed by atoms with Crippen molar-refractivity contribution in [3.63, 3.8) is 0 Å². The molecule has 1 saturated heterocycles. The van der Waals surface area contributed by atoms with E-state index in [1.165, 1.54) is 36.5 Å². The van der Waals surface area contributed by atoms with E-state index in [4.69, 9.17) is 0 Å². The van der Waals surface area contributed by atoms with Gasteiger partial charge in [-0.2, -0.15) is 13.2 Å². The molecule has 2 heterocycles. The lowest BCUT2D eigenvalue weighted by Gasteiger charge is -2.32. The normalized spacial score (nSPS) is 14.8. The Bertz CT molecular complexity index is 833. The van der Waals surface area contributed by atoms with Crippen LogP contribution in [-0.2, 0) is 11.0 Å². The van der Waals surface area contributed by atoms with Gasteiger partial charge in [-0.1, -0.05) is 12.1 Å². The number of rotatable bonds is 4. The van der Waals surface area contributed by atoms with Gasteiger partial charge in [0.2, 0.25) is 6.41 Å². The number of hydrogen-bond donors (Lipinski definition) is 1. The van der Waals surface area contributed by atoms with Crippen LogP contribution in [0.4, 0.5) is 24.7 Å². The summed E-state index contributed by atoms with van der Waals surface area (Å²) in [5.74, 6) is -0.112. The molecular weight excluding hydrogens is 361 g/mol. The number of aromatic nitrogens is 1. The van der Waals surface area contributed by atoms with Crippen molar-refractivity contribution in [3.05, 3.63) is 53.7 Å². The number of carbonyl (C=O) groups is 2. The number of alkyl halides is 3. The Morgan fingerprint density at radius 2 is 1.81 bits per heavy atom. The van der Waals surface area contributed by atoms with Crippen LogP contribution in [0.15, 0.2) is 42.6 Å². The van der Waals surface area contributed by atoms with Crippen molar-refractivity contribution in [2.24, 2.45) is 0 Å². The molecular formula is C18H17F3N4O2. The van der Waals surface area contributed by atoms with Gasteiger partial charge in [0.25, 0.3) is 5.91 Å². The molecule has 1 aliphatic heterocycles. The lowest BCUT2D eigenvalue weighted by Crippen LogP contribution is -2.48. The van der Waals surface area contributed by atoms with Crippen molar-refractivity contribution in [2.75, 3.05) is 31.5 Å². The van der Waals surface area contributed by atoms with E-state index in [9.17, 15) is 22.8 Å². The van der Waals surface area contributed by atoms with E-state index >= 15 is 0 Å². The smallest absolute Gasteiger partial charge is 0.342 e. The molecule has 0 atom stereocenters. The molecule has 0 aliphatic carbocycles.